The molecule has 0 saturated carbocycles. The number of aryl methyl sites for hydroxylation is 3. The van der Waals surface area contributed by atoms with Crippen LogP contribution in [0.3, 0.4) is 0 Å². The van der Waals surface area contributed by atoms with Gasteiger partial charge in [-0.15, -0.1) is 0 Å². The highest BCUT2D eigenvalue weighted by Gasteiger charge is 2.21. The Balaban J connectivity index is 1.78. The van der Waals surface area contributed by atoms with Crippen LogP contribution in [0, 0.1) is 27.7 Å². The van der Waals surface area contributed by atoms with E-state index in [1.807, 2.05) is 45.0 Å². The van der Waals surface area contributed by atoms with Crippen molar-refractivity contribution >= 4 is 11.7 Å². The lowest BCUT2D eigenvalue weighted by Gasteiger charge is -2.11. The molecule has 1 aromatic carbocycles. The number of aromatic nitrogens is 2. The Kier molecular flexibility index (Phi) is 5.02. The molecule has 2 aromatic heterocycles. The summed E-state index contributed by atoms with van der Waals surface area (Å²) in [4.78, 5) is 16.7. The van der Waals surface area contributed by atoms with Crippen LogP contribution in [0.2, 0.25) is 0 Å². The Morgan fingerprint density at radius 1 is 1.19 bits per heavy atom. The van der Waals surface area contributed by atoms with Crippen molar-refractivity contribution in [2.45, 2.75) is 34.3 Å². The van der Waals surface area contributed by atoms with Gasteiger partial charge in [-0.2, -0.15) is 0 Å². The molecule has 1 N–H and O–H groups in total. The van der Waals surface area contributed by atoms with Gasteiger partial charge in [0.1, 0.15) is 23.9 Å². The fourth-order valence-corrected chi connectivity index (χ4v) is 2.55. The molecule has 3 rings (SSSR count). The van der Waals surface area contributed by atoms with Gasteiger partial charge in [0.15, 0.2) is 5.69 Å². The molecule has 0 radical (unpaired) electrons. The van der Waals surface area contributed by atoms with E-state index in [2.05, 4.69) is 15.5 Å². The SMILES string of the molecule is Cc1ccnc(NC(=O)c2noc(C)c2COc2cccc(C)c2C)c1. The number of pyridine rings is 1. The van der Waals surface area contributed by atoms with E-state index in [4.69, 9.17) is 9.26 Å². The number of amides is 1. The van der Waals surface area contributed by atoms with Gasteiger partial charge in [0.2, 0.25) is 0 Å². The fourth-order valence-electron chi connectivity index (χ4n) is 2.55. The third kappa shape index (κ3) is 3.74. The molecule has 0 bridgehead atoms. The number of benzene rings is 1. The monoisotopic (exact) mass is 351 g/mol. The minimum absolute atomic E-state index is 0.198. The van der Waals surface area contributed by atoms with Crippen molar-refractivity contribution in [3.8, 4) is 5.75 Å². The highest BCUT2D eigenvalue weighted by molar-refractivity contribution is 6.03. The lowest BCUT2D eigenvalue weighted by Crippen LogP contribution is -2.16. The van der Waals surface area contributed by atoms with E-state index < -0.39 is 0 Å². The van der Waals surface area contributed by atoms with Gasteiger partial charge in [0.25, 0.3) is 5.91 Å². The van der Waals surface area contributed by atoms with Crippen LogP contribution >= 0.6 is 0 Å². The van der Waals surface area contributed by atoms with Gasteiger partial charge in [-0.1, -0.05) is 17.3 Å². The molecule has 0 spiro atoms. The van der Waals surface area contributed by atoms with Crippen LogP contribution < -0.4 is 10.1 Å². The molecule has 2 heterocycles. The van der Waals surface area contributed by atoms with Gasteiger partial charge < -0.3 is 14.6 Å². The topological polar surface area (TPSA) is 77.3 Å². The van der Waals surface area contributed by atoms with Crippen molar-refractivity contribution in [1.29, 1.82) is 0 Å². The molecule has 26 heavy (non-hydrogen) atoms. The van der Waals surface area contributed by atoms with Crippen LogP contribution in [0.15, 0.2) is 41.1 Å². The summed E-state index contributed by atoms with van der Waals surface area (Å²) >= 11 is 0. The molecule has 0 fully saturated rings. The first-order valence-electron chi connectivity index (χ1n) is 8.34. The molecule has 6 nitrogen and oxygen atoms in total. The van der Waals surface area contributed by atoms with E-state index in [1.54, 1.807) is 19.2 Å². The average Bonchev–Trinajstić information content (AvgIpc) is 2.97. The maximum Gasteiger partial charge on any atom is 0.279 e. The number of carbonyl (C=O) groups is 1. The molecular weight excluding hydrogens is 330 g/mol. The maximum absolute atomic E-state index is 12.6. The normalized spacial score (nSPS) is 10.6. The minimum Gasteiger partial charge on any atom is -0.488 e. The molecule has 0 aliphatic heterocycles. The number of rotatable bonds is 5. The fraction of sp³-hybridized carbons (Fsp3) is 0.250. The van der Waals surface area contributed by atoms with Gasteiger partial charge in [-0.25, -0.2) is 4.98 Å². The van der Waals surface area contributed by atoms with Crippen LogP contribution in [0.1, 0.15) is 38.5 Å². The predicted octanol–water partition coefficient (Wildman–Crippen LogP) is 4.13. The second-order valence-electron chi connectivity index (χ2n) is 6.23. The first-order valence-corrected chi connectivity index (χ1v) is 8.34. The highest BCUT2D eigenvalue weighted by atomic mass is 16.5. The summed E-state index contributed by atoms with van der Waals surface area (Å²) in [6, 6.07) is 9.52. The van der Waals surface area contributed by atoms with Gasteiger partial charge >= 0.3 is 0 Å². The Bertz CT molecular complexity index is 947. The molecular formula is C20H21N3O3. The Hall–Kier alpha value is -3.15. The number of nitrogens with one attached hydrogen (secondary N) is 1. The predicted molar refractivity (Wildman–Crippen MR) is 98.4 cm³/mol. The molecule has 0 unspecified atom stereocenters. The standard InChI is InChI=1S/C20H21N3O3/c1-12-8-9-21-18(10-12)22-20(24)19-16(15(4)26-23-19)11-25-17-7-5-6-13(2)14(17)3/h5-10H,11H2,1-4H3,(H,21,22,24). The Labute approximate surface area is 152 Å². The van der Waals surface area contributed by atoms with Crippen molar-refractivity contribution < 1.29 is 14.1 Å². The zero-order valence-corrected chi connectivity index (χ0v) is 15.3. The number of carbonyl (C=O) groups excluding carboxylic acids is 1. The third-order valence-corrected chi connectivity index (χ3v) is 4.28. The van der Waals surface area contributed by atoms with E-state index in [-0.39, 0.29) is 18.2 Å². The molecule has 0 atom stereocenters. The third-order valence-electron chi connectivity index (χ3n) is 4.28. The van der Waals surface area contributed by atoms with Gasteiger partial charge in [0.05, 0.1) is 5.56 Å². The molecule has 1 amide bonds. The van der Waals surface area contributed by atoms with Crippen molar-refractivity contribution in [1.82, 2.24) is 10.1 Å². The smallest absolute Gasteiger partial charge is 0.279 e. The highest BCUT2D eigenvalue weighted by Crippen LogP contribution is 2.23. The lowest BCUT2D eigenvalue weighted by molar-refractivity contribution is 0.101. The number of hydrogen-bond acceptors (Lipinski definition) is 5. The first-order chi connectivity index (χ1) is 12.5. The Morgan fingerprint density at radius 3 is 2.77 bits per heavy atom. The zero-order chi connectivity index (χ0) is 18.7. The van der Waals surface area contributed by atoms with E-state index in [0.29, 0.717) is 17.1 Å². The first kappa shape index (κ1) is 17.7. The molecule has 0 aliphatic rings. The largest absolute Gasteiger partial charge is 0.488 e. The van der Waals surface area contributed by atoms with Crippen LogP contribution in [0.5, 0.6) is 5.75 Å². The molecule has 0 aliphatic carbocycles. The van der Waals surface area contributed by atoms with Crippen molar-refractivity contribution in [3.63, 3.8) is 0 Å². The molecule has 134 valence electrons. The van der Waals surface area contributed by atoms with E-state index in [9.17, 15) is 4.79 Å². The summed E-state index contributed by atoms with van der Waals surface area (Å²) in [5, 5.41) is 6.64. The van der Waals surface area contributed by atoms with Crippen molar-refractivity contribution in [2.75, 3.05) is 5.32 Å². The van der Waals surface area contributed by atoms with Gasteiger partial charge in [0, 0.05) is 6.20 Å². The van der Waals surface area contributed by atoms with Crippen LogP contribution in [-0.4, -0.2) is 16.0 Å². The summed E-state index contributed by atoms with van der Waals surface area (Å²) in [7, 11) is 0. The summed E-state index contributed by atoms with van der Waals surface area (Å²) in [6.45, 7) is 7.92. The van der Waals surface area contributed by atoms with E-state index in [1.165, 1.54) is 0 Å². The average molecular weight is 351 g/mol. The molecule has 0 saturated heterocycles. The summed E-state index contributed by atoms with van der Waals surface area (Å²) in [5.41, 5.74) is 4.04. The second-order valence-corrected chi connectivity index (χ2v) is 6.23. The van der Waals surface area contributed by atoms with Crippen molar-refractivity contribution in [3.05, 3.63) is 70.2 Å². The second kappa shape index (κ2) is 7.39. The maximum atomic E-state index is 12.6. The van der Waals surface area contributed by atoms with Crippen LogP contribution in [0.25, 0.3) is 0 Å². The summed E-state index contributed by atoms with van der Waals surface area (Å²) < 4.78 is 11.1. The van der Waals surface area contributed by atoms with Crippen molar-refractivity contribution in [2.24, 2.45) is 0 Å². The Morgan fingerprint density at radius 2 is 2.00 bits per heavy atom. The van der Waals surface area contributed by atoms with Gasteiger partial charge in [-0.3, -0.25) is 4.79 Å². The van der Waals surface area contributed by atoms with Gasteiger partial charge in [-0.05, 0) is 62.6 Å². The minimum atomic E-state index is -0.375. The lowest BCUT2D eigenvalue weighted by atomic mass is 10.1. The number of nitrogens with zero attached hydrogens (tertiary/aromatic N) is 2. The number of anilines is 1. The van der Waals surface area contributed by atoms with E-state index in [0.717, 1.165) is 22.4 Å². The summed E-state index contributed by atoms with van der Waals surface area (Å²) in [5.74, 6) is 1.42. The summed E-state index contributed by atoms with van der Waals surface area (Å²) in [6.07, 6.45) is 1.64. The van der Waals surface area contributed by atoms with Crippen LogP contribution in [-0.2, 0) is 6.61 Å². The molecule has 3 aromatic rings. The number of hydrogen-bond donors (Lipinski definition) is 1. The number of ether oxygens (including phenoxy) is 1. The van der Waals surface area contributed by atoms with E-state index >= 15 is 0 Å². The quantitative estimate of drug-likeness (QED) is 0.748. The molecule has 6 heteroatoms. The van der Waals surface area contributed by atoms with Crippen LogP contribution in [0.4, 0.5) is 5.82 Å². The zero-order valence-electron chi connectivity index (χ0n) is 15.3.